The smallest absolute Gasteiger partial charge is 0.247 e. The molecule has 0 spiro atoms. The number of hydrogen-bond acceptors (Lipinski definition) is 7. The number of aryl methyl sites for hydroxylation is 1. The molecule has 0 aliphatic rings. The summed E-state index contributed by atoms with van der Waals surface area (Å²) in [5.74, 6) is 1.13. The maximum Gasteiger partial charge on any atom is 0.247 e. The van der Waals surface area contributed by atoms with Crippen LogP contribution >= 0.6 is 0 Å². The van der Waals surface area contributed by atoms with Gasteiger partial charge in [-0.25, -0.2) is 4.98 Å². The van der Waals surface area contributed by atoms with Gasteiger partial charge in [-0.2, -0.15) is 9.94 Å². The van der Waals surface area contributed by atoms with Gasteiger partial charge in [0.05, 0.1) is 11.3 Å². The molecule has 0 saturated heterocycles. The number of nitrogens with one attached hydrogen (secondary N) is 2. The van der Waals surface area contributed by atoms with Crippen LogP contribution in [0.3, 0.4) is 0 Å². The van der Waals surface area contributed by atoms with E-state index in [-0.39, 0.29) is 0 Å². The Labute approximate surface area is 139 Å². The molecule has 0 saturated carbocycles. The number of aromatic nitrogens is 5. The highest BCUT2D eigenvalue weighted by molar-refractivity contribution is 5.51. The lowest BCUT2D eigenvalue weighted by Gasteiger charge is -2.09. The van der Waals surface area contributed by atoms with Crippen molar-refractivity contribution in [3.63, 3.8) is 0 Å². The lowest BCUT2D eigenvalue weighted by atomic mass is 10.2. The van der Waals surface area contributed by atoms with Crippen LogP contribution in [0.4, 0.5) is 11.8 Å². The summed E-state index contributed by atoms with van der Waals surface area (Å²) in [7, 11) is 0. The van der Waals surface area contributed by atoms with Crippen LogP contribution in [0.2, 0.25) is 0 Å². The van der Waals surface area contributed by atoms with Crippen molar-refractivity contribution in [1.82, 2.24) is 25.2 Å². The van der Waals surface area contributed by atoms with Gasteiger partial charge in [0.25, 0.3) is 0 Å². The third-order valence-corrected chi connectivity index (χ3v) is 3.38. The zero-order valence-corrected chi connectivity index (χ0v) is 13.1. The standard InChI is InChI=1S/C16H16N8/c1-12-4-6-14(7-5-12)24-16(21-22-23-24)20-10-9-19-15-13(11-17)3-2-8-18-15/h2-8H,9-10H2,1H3,(H,18,19)(H,20,21,23). The molecule has 0 amide bonds. The first-order valence-corrected chi connectivity index (χ1v) is 7.46. The Morgan fingerprint density at radius 1 is 1.12 bits per heavy atom. The van der Waals surface area contributed by atoms with E-state index in [1.165, 1.54) is 5.56 Å². The van der Waals surface area contributed by atoms with Gasteiger partial charge in [-0.3, -0.25) is 0 Å². The van der Waals surface area contributed by atoms with Gasteiger partial charge in [0.2, 0.25) is 5.95 Å². The van der Waals surface area contributed by atoms with E-state index in [1.54, 1.807) is 23.0 Å². The van der Waals surface area contributed by atoms with Crippen molar-refractivity contribution in [3.8, 4) is 11.8 Å². The zero-order valence-electron chi connectivity index (χ0n) is 13.1. The Morgan fingerprint density at radius 2 is 1.92 bits per heavy atom. The molecule has 24 heavy (non-hydrogen) atoms. The summed E-state index contributed by atoms with van der Waals surface area (Å²) >= 11 is 0. The van der Waals surface area contributed by atoms with E-state index in [2.05, 4.69) is 37.2 Å². The fraction of sp³-hybridized carbons (Fsp3) is 0.188. The lowest BCUT2D eigenvalue weighted by Crippen LogP contribution is -2.17. The minimum Gasteiger partial charge on any atom is -0.367 e. The van der Waals surface area contributed by atoms with E-state index in [4.69, 9.17) is 5.26 Å². The van der Waals surface area contributed by atoms with E-state index in [1.807, 2.05) is 31.2 Å². The molecule has 0 unspecified atom stereocenters. The van der Waals surface area contributed by atoms with Crippen molar-refractivity contribution in [2.75, 3.05) is 23.7 Å². The highest BCUT2D eigenvalue weighted by atomic mass is 15.6. The second-order valence-electron chi connectivity index (χ2n) is 5.11. The Balaban J connectivity index is 1.59. The van der Waals surface area contributed by atoms with E-state index in [9.17, 15) is 0 Å². The van der Waals surface area contributed by atoms with Crippen molar-refractivity contribution in [2.24, 2.45) is 0 Å². The molecule has 0 radical (unpaired) electrons. The molecular weight excluding hydrogens is 304 g/mol. The number of tetrazole rings is 1. The van der Waals surface area contributed by atoms with Crippen molar-refractivity contribution >= 4 is 11.8 Å². The molecule has 2 heterocycles. The van der Waals surface area contributed by atoms with Gasteiger partial charge < -0.3 is 10.6 Å². The second-order valence-corrected chi connectivity index (χ2v) is 5.11. The van der Waals surface area contributed by atoms with Crippen LogP contribution in [-0.4, -0.2) is 38.3 Å². The van der Waals surface area contributed by atoms with E-state index >= 15 is 0 Å². The molecule has 3 rings (SSSR count). The molecule has 3 aromatic rings. The minimum absolute atomic E-state index is 0.516. The van der Waals surface area contributed by atoms with Crippen molar-refractivity contribution in [1.29, 1.82) is 5.26 Å². The molecule has 0 aliphatic carbocycles. The molecule has 0 bridgehead atoms. The van der Waals surface area contributed by atoms with Crippen molar-refractivity contribution in [2.45, 2.75) is 6.92 Å². The van der Waals surface area contributed by atoms with Gasteiger partial charge in [0.1, 0.15) is 11.9 Å². The third-order valence-electron chi connectivity index (χ3n) is 3.38. The average molecular weight is 320 g/mol. The van der Waals surface area contributed by atoms with Crippen LogP contribution in [0.25, 0.3) is 5.69 Å². The molecular formula is C16H16N8. The summed E-state index contributed by atoms with van der Waals surface area (Å²) in [6, 6.07) is 13.5. The first kappa shape index (κ1) is 15.4. The molecule has 8 nitrogen and oxygen atoms in total. The summed E-state index contributed by atoms with van der Waals surface area (Å²) in [6.07, 6.45) is 1.65. The topological polar surface area (TPSA) is 104 Å². The first-order chi connectivity index (χ1) is 11.8. The number of anilines is 2. The van der Waals surface area contributed by atoms with E-state index in [0.717, 1.165) is 5.69 Å². The summed E-state index contributed by atoms with van der Waals surface area (Å²) in [5.41, 5.74) is 2.58. The number of benzene rings is 1. The number of pyridine rings is 1. The largest absolute Gasteiger partial charge is 0.367 e. The molecule has 0 atom stereocenters. The molecule has 2 N–H and O–H groups in total. The Morgan fingerprint density at radius 3 is 2.71 bits per heavy atom. The predicted octanol–water partition coefficient (Wildman–Crippen LogP) is 1.76. The van der Waals surface area contributed by atoms with Crippen LogP contribution in [0, 0.1) is 18.3 Å². The third kappa shape index (κ3) is 3.47. The maximum absolute atomic E-state index is 9.03. The zero-order chi connectivity index (χ0) is 16.8. The molecule has 1 aromatic carbocycles. The summed E-state index contributed by atoms with van der Waals surface area (Å²) < 4.78 is 1.64. The molecule has 120 valence electrons. The number of nitriles is 1. The van der Waals surface area contributed by atoms with E-state index < -0.39 is 0 Å². The van der Waals surface area contributed by atoms with E-state index in [0.29, 0.717) is 30.4 Å². The Kier molecular flexibility index (Phi) is 4.62. The van der Waals surface area contributed by atoms with Crippen molar-refractivity contribution in [3.05, 3.63) is 53.7 Å². The molecule has 0 fully saturated rings. The quantitative estimate of drug-likeness (QED) is 0.667. The van der Waals surface area contributed by atoms with Crippen LogP contribution in [0.1, 0.15) is 11.1 Å². The SMILES string of the molecule is Cc1ccc(-n2nnnc2NCCNc2ncccc2C#N)cc1. The van der Waals surface area contributed by atoms with Crippen LogP contribution in [0.15, 0.2) is 42.6 Å². The Bertz CT molecular complexity index is 847. The fourth-order valence-corrected chi connectivity index (χ4v) is 2.15. The van der Waals surface area contributed by atoms with Crippen LogP contribution < -0.4 is 10.6 Å². The number of hydrogen-bond donors (Lipinski definition) is 2. The average Bonchev–Trinajstić information content (AvgIpc) is 3.08. The molecule has 8 heteroatoms. The van der Waals surface area contributed by atoms with Crippen LogP contribution in [-0.2, 0) is 0 Å². The highest BCUT2D eigenvalue weighted by Gasteiger charge is 2.07. The fourth-order valence-electron chi connectivity index (χ4n) is 2.15. The van der Waals surface area contributed by atoms with Gasteiger partial charge in [-0.1, -0.05) is 22.8 Å². The van der Waals surface area contributed by atoms with Crippen molar-refractivity contribution < 1.29 is 0 Å². The second kappa shape index (κ2) is 7.19. The van der Waals surface area contributed by atoms with Gasteiger partial charge in [-0.05, 0) is 41.6 Å². The van der Waals surface area contributed by atoms with Gasteiger partial charge in [0.15, 0.2) is 0 Å². The number of rotatable bonds is 6. The van der Waals surface area contributed by atoms with Gasteiger partial charge in [-0.15, -0.1) is 0 Å². The van der Waals surface area contributed by atoms with Gasteiger partial charge in [0, 0.05) is 19.3 Å². The maximum atomic E-state index is 9.03. The summed E-state index contributed by atoms with van der Waals surface area (Å²) in [4.78, 5) is 4.15. The Hall–Kier alpha value is -3.47. The molecule has 0 aliphatic heterocycles. The summed E-state index contributed by atoms with van der Waals surface area (Å²) in [5, 5.41) is 27.0. The number of nitrogens with zero attached hydrogens (tertiary/aromatic N) is 6. The lowest BCUT2D eigenvalue weighted by molar-refractivity contribution is 0.789. The monoisotopic (exact) mass is 320 g/mol. The van der Waals surface area contributed by atoms with Gasteiger partial charge >= 0.3 is 0 Å². The first-order valence-electron chi connectivity index (χ1n) is 7.46. The minimum atomic E-state index is 0.516. The normalized spacial score (nSPS) is 10.2. The predicted molar refractivity (Wildman–Crippen MR) is 89.8 cm³/mol. The molecule has 2 aromatic heterocycles. The highest BCUT2D eigenvalue weighted by Crippen LogP contribution is 2.12. The summed E-state index contributed by atoms with van der Waals surface area (Å²) in [6.45, 7) is 3.18. The van der Waals surface area contributed by atoms with Crippen LogP contribution in [0.5, 0.6) is 0 Å².